The second-order valence-corrected chi connectivity index (χ2v) is 4.79. The first-order chi connectivity index (χ1) is 8.66. The van der Waals surface area contributed by atoms with Crippen LogP contribution < -0.4 is 11.1 Å². The van der Waals surface area contributed by atoms with Crippen molar-refractivity contribution in [3.8, 4) is 5.75 Å². The minimum atomic E-state index is -0.138. The van der Waals surface area contributed by atoms with Gasteiger partial charge in [0.25, 0.3) is 5.91 Å². The van der Waals surface area contributed by atoms with Gasteiger partial charge in [0.1, 0.15) is 10.6 Å². The number of phenolic OH excluding ortho intramolecular Hbond substituents is 1. The van der Waals surface area contributed by atoms with E-state index in [0.29, 0.717) is 17.1 Å². The lowest BCUT2D eigenvalue weighted by Crippen LogP contribution is -2.25. The van der Waals surface area contributed by atoms with Crippen LogP contribution in [0.2, 0.25) is 0 Å². The van der Waals surface area contributed by atoms with Crippen molar-refractivity contribution in [2.75, 3.05) is 12.3 Å². The molecule has 0 radical (unpaired) electrons. The van der Waals surface area contributed by atoms with Gasteiger partial charge in [0.15, 0.2) is 0 Å². The third-order valence-corrected chi connectivity index (χ3v) is 3.47. The Balaban J connectivity index is 1.84. The number of nitrogens with one attached hydrogen (secondary N) is 1. The van der Waals surface area contributed by atoms with Crippen LogP contribution in [-0.2, 0) is 6.42 Å². The minimum absolute atomic E-state index is 0.138. The molecule has 1 aromatic carbocycles. The molecule has 0 fully saturated rings. The van der Waals surface area contributed by atoms with Crippen molar-refractivity contribution in [1.82, 2.24) is 5.32 Å². The van der Waals surface area contributed by atoms with Crippen LogP contribution in [0.1, 0.15) is 15.2 Å². The second-order valence-electron chi connectivity index (χ2n) is 3.88. The predicted octanol–water partition coefficient (Wildman–Crippen LogP) is 2.01. The molecule has 0 aliphatic carbocycles. The standard InChI is InChI=1S/C13H14N2O2S/c14-11-6-8-18-12(11)13(17)15-7-5-9-1-3-10(16)4-2-9/h1-4,6,8,16H,5,7,14H2,(H,15,17). The summed E-state index contributed by atoms with van der Waals surface area (Å²) < 4.78 is 0. The van der Waals surface area contributed by atoms with Crippen LogP contribution in [0.4, 0.5) is 5.69 Å². The summed E-state index contributed by atoms with van der Waals surface area (Å²) in [5.41, 5.74) is 7.24. The Morgan fingerprint density at radius 2 is 2.00 bits per heavy atom. The third kappa shape index (κ3) is 3.01. The lowest BCUT2D eigenvalue weighted by atomic mass is 10.1. The molecule has 0 aliphatic rings. The maximum Gasteiger partial charge on any atom is 0.263 e. The van der Waals surface area contributed by atoms with Crippen molar-refractivity contribution >= 4 is 22.9 Å². The molecule has 0 unspecified atom stereocenters. The fourth-order valence-corrected chi connectivity index (χ4v) is 2.30. The van der Waals surface area contributed by atoms with Gasteiger partial charge in [0.2, 0.25) is 0 Å². The number of phenols is 1. The van der Waals surface area contributed by atoms with Crippen LogP contribution >= 0.6 is 11.3 Å². The number of carbonyl (C=O) groups is 1. The minimum Gasteiger partial charge on any atom is -0.508 e. The van der Waals surface area contributed by atoms with Gasteiger partial charge in [0.05, 0.1) is 5.69 Å². The molecule has 1 amide bonds. The van der Waals surface area contributed by atoms with Gasteiger partial charge in [-0.2, -0.15) is 0 Å². The van der Waals surface area contributed by atoms with Crippen molar-refractivity contribution in [2.24, 2.45) is 0 Å². The fourth-order valence-electron chi connectivity index (χ4n) is 1.57. The predicted molar refractivity (Wildman–Crippen MR) is 72.9 cm³/mol. The van der Waals surface area contributed by atoms with E-state index in [1.54, 1.807) is 23.6 Å². The number of carbonyl (C=O) groups excluding carboxylic acids is 1. The van der Waals surface area contributed by atoms with Crippen LogP contribution in [0.25, 0.3) is 0 Å². The Morgan fingerprint density at radius 1 is 1.28 bits per heavy atom. The van der Waals surface area contributed by atoms with E-state index in [4.69, 9.17) is 10.8 Å². The van der Waals surface area contributed by atoms with Crippen LogP contribution in [-0.4, -0.2) is 17.6 Å². The molecule has 0 saturated heterocycles. The Hall–Kier alpha value is -2.01. The summed E-state index contributed by atoms with van der Waals surface area (Å²) in [6.45, 7) is 0.543. The topological polar surface area (TPSA) is 75.4 Å². The quantitative estimate of drug-likeness (QED) is 0.789. The Kier molecular flexibility index (Phi) is 3.84. The molecular weight excluding hydrogens is 248 g/mol. The number of aromatic hydroxyl groups is 1. The molecule has 0 spiro atoms. The number of hydrogen-bond donors (Lipinski definition) is 3. The van der Waals surface area contributed by atoms with E-state index in [0.717, 1.165) is 12.0 Å². The van der Waals surface area contributed by atoms with Gasteiger partial charge in [-0.1, -0.05) is 12.1 Å². The molecule has 0 aliphatic heterocycles. The molecule has 94 valence electrons. The molecule has 4 nitrogen and oxygen atoms in total. The molecule has 18 heavy (non-hydrogen) atoms. The number of amides is 1. The zero-order valence-corrected chi connectivity index (χ0v) is 10.5. The van der Waals surface area contributed by atoms with Crippen molar-refractivity contribution in [2.45, 2.75) is 6.42 Å². The van der Waals surface area contributed by atoms with E-state index in [9.17, 15) is 4.79 Å². The first kappa shape index (κ1) is 12.4. The summed E-state index contributed by atoms with van der Waals surface area (Å²) in [4.78, 5) is 12.3. The summed E-state index contributed by atoms with van der Waals surface area (Å²) in [7, 11) is 0. The van der Waals surface area contributed by atoms with E-state index in [1.807, 2.05) is 12.1 Å². The SMILES string of the molecule is Nc1ccsc1C(=O)NCCc1ccc(O)cc1. The molecule has 2 aromatic rings. The fraction of sp³-hybridized carbons (Fsp3) is 0.154. The number of benzene rings is 1. The molecule has 0 atom stereocenters. The van der Waals surface area contributed by atoms with E-state index in [1.165, 1.54) is 11.3 Å². The number of nitrogen functional groups attached to an aromatic ring is 1. The van der Waals surface area contributed by atoms with E-state index in [2.05, 4.69) is 5.32 Å². The maximum atomic E-state index is 11.8. The van der Waals surface area contributed by atoms with Gasteiger partial charge in [0, 0.05) is 6.54 Å². The average Bonchev–Trinajstić information content (AvgIpc) is 2.78. The molecular formula is C13H14N2O2S. The smallest absolute Gasteiger partial charge is 0.263 e. The highest BCUT2D eigenvalue weighted by Crippen LogP contribution is 2.18. The lowest BCUT2D eigenvalue weighted by molar-refractivity contribution is 0.0959. The number of nitrogens with two attached hydrogens (primary N) is 1. The first-order valence-corrected chi connectivity index (χ1v) is 6.44. The number of thiophene rings is 1. The van der Waals surface area contributed by atoms with Crippen LogP contribution in [0.3, 0.4) is 0 Å². The van der Waals surface area contributed by atoms with Crippen LogP contribution in [0, 0.1) is 0 Å². The molecule has 5 heteroatoms. The van der Waals surface area contributed by atoms with Gasteiger partial charge in [-0.3, -0.25) is 4.79 Å². The highest BCUT2D eigenvalue weighted by Gasteiger charge is 2.09. The van der Waals surface area contributed by atoms with Crippen molar-refractivity contribution in [3.05, 3.63) is 46.2 Å². The van der Waals surface area contributed by atoms with Gasteiger partial charge in [-0.25, -0.2) is 0 Å². The van der Waals surface area contributed by atoms with Gasteiger partial charge >= 0.3 is 0 Å². The summed E-state index contributed by atoms with van der Waals surface area (Å²) in [6.07, 6.45) is 0.720. The van der Waals surface area contributed by atoms with Crippen molar-refractivity contribution in [3.63, 3.8) is 0 Å². The number of anilines is 1. The highest BCUT2D eigenvalue weighted by atomic mass is 32.1. The number of hydrogen-bond acceptors (Lipinski definition) is 4. The largest absolute Gasteiger partial charge is 0.508 e. The average molecular weight is 262 g/mol. The molecule has 0 saturated carbocycles. The van der Waals surface area contributed by atoms with Gasteiger partial charge < -0.3 is 16.2 Å². The molecule has 4 N–H and O–H groups in total. The second kappa shape index (κ2) is 5.55. The summed E-state index contributed by atoms with van der Waals surface area (Å²) in [5.74, 6) is 0.107. The van der Waals surface area contributed by atoms with E-state index < -0.39 is 0 Å². The zero-order valence-electron chi connectivity index (χ0n) is 9.72. The van der Waals surface area contributed by atoms with Crippen molar-refractivity contribution < 1.29 is 9.90 Å². The number of rotatable bonds is 4. The van der Waals surface area contributed by atoms with E-state index in [-0.39, 0.29) is 11.7 Å². The lowest BCUT2D eigenvalue weighted by Gasteiger charge is -2.04. The Bertz CT molecular complexity index is 534. The monoisotopic (exact) mass is 262 g/mol. The molecule has 1 heterocycles. The molecule has 0 bridgehead atoms. The third-order valence-electron chi connectivity index (χ3n) is 2.54. The Labute approximate surface area is 109 Å². The summed E-state index contributed by atoms with van der Waals surface area (Å²) in [6, 6.07) is 8.66. The maximum absolute atomic E-state index is 11.8. The molecule has 2 rings (SSSR count). The highest BCUT2D eigenvalue weighted by molar-refractivity contribution is 7.12. The Morgan fingerprint density at radius 3 is 2.61 bits per heavy atom. The normalized spacial score (nSPS) is 10.2. The van der Waals surface area contributed by atoms with Crippen LogP contribution in [0.5, 0.6) is 5.75 Å². The molecule has 1 aromatic heterocycles. The van der Waals surface area contributed by atoms with E-state index >= 15 is 0 Å². The van der Waals surface area contributed by atoms with Crippen LogP contribution in [0.15, 0.2) is 35.7 Å². The van der Waals surface area contributed by atoms with Gasteiger partial charge in [-0.05, 0) is 35.6 Å². The summed E-state index contributed by atoms with van der Waals surface area (Å²) >= 11 is 1.34. The zero-order chi connectivity index (χ0) is 13.0. The van der Waals surface area contributed by atoms with Gasteiger partial charge in [-0.15, -0.1) is 11.3 Å². The summed E-state index contributed by atoms with van der Waals surface area (Å²) in [5, 5.41) is 13.8. The first-order valence-electron chi connectivity index (χ1n) is 5.56. The van der Waals surface area contributed by atoms with Crippen molar-refractivity contribution in [1.29, 1.82) is 0 Å².